The Hall–Kier alpha value is -4.03. The number of para-hydroxylation sites is 1. The summed E-state index contributed by atoms with van der Waals surface area (Å²) < 4.78 is 0. The third kappa shape index (κ3) is 4.40. The van der Waals surface area contributed by atoms with E-state index in [2.05, 4.69) is 15.3 Å². The third-order valence-corrected chi connectivity index (χ3v) is 6.44. The van der Waals surface area contributed by atoms with Crippen molar-refractivity contribution in [3.05, 3.63) is 106 Å². The van der Waals surface area contributed by atoms with E-state index in [0.717, 1.165) is 28.1 Å². The first-order valence-corrected chi connectivity index (χ1v) is 11.7. The fourth-order valence-electron chi connectivity index (χ4n) is 4.32. The molecule has 0 radical (unpaired) electrons. The molecule has 3 aromatic carbocycles. The lowest BCUT2D eigenvalue weighted by molar-refractivity contribution is 0.0986. The maximum absolute atomic E-state index is 13.7. The average molecular weight is 483 g/mol. The maximum Gasteiger partial charge on any atom is 0.259 e. The van der Waals surface area contributed by atoms with Gasteiger partial charge in [-0.05, 0) is 61.7 Å². The van der Waals surface area contributed by atoms with Gasteiger partial charge in [-0.3, -0.25) is 9.59 Å². The van der Waals surface area contributed by atoms with Gasteiger partial charge in [-0.15, -0.1) is 0 Å². The highest BCUT2D eigenvalue weighted by molar-refractivity contribution is 6.35. The van der Waals surface area contributed by atoms with E-state index < -0.39 is 0 Å². The number of fused-ring (bicyclic) bond motifs is 3. The highest BCUT2D eigenvalue weighted by Crippen LogP contribution is 2.36. The van der Waals surface area contributed by atoms with E-state index in [1.54, 1.807) is 29.2 Å². The van der Waals surface area contributed by atoms with Crippen LogP contribution in [0, 0.1) is 13.8 Å². The standard InChI is InChI=1S/C28H23ClN4O2/c1-17-7-3-4-8-21(17)27(34)32-20-11-12-22(24(29)15-20)28(35)33-14-13-19-16-30-18(2)31-26(19)23-9-5-6-10-25(23)33/h3-12,15-16H,13-14H2,1-2H3,(H,32,34). The Kier molecular flexibility index (Phi) is 6.05. The molecule has 6 nitrogen and oxygen atoms in total. The molecule has 1 aromatic heterocycles. The molecule has 5 rings (SSSR count). The van der Waals surface area contributed by atoms with Crippen LogP contribution in [0.3, 0.4) is 0 Å². The normalized spacial score (nSPS) is 12.4. The second kappa shape index (κ2) is 9.31. The molecule has 0 saturated carbocycles. The van der Waals surface area contributed by atoms with Gasteiger partial charge in [0.2, 0.25) is 0 Å². The summed E-state index contributed by atoms with van der Waals surface area (Å²) in [5.74, 6) is 0.246. The van der Waals surface area contributed by atoms with Crippen molar-refractivity contribution < 1.29 is 9.59 Å². The Morgan fingerprint density at radius 2 is 1.74 bits per heavy atom. The zero-order valence-corrected chi connectivity index (χ0v) is 20.1. The first-order chi connectivity index (χ1) is 16.9. The number of nitrogens with zero attached hydrogens (tertiary/aromatic N) is 3. The molecular weight excluding hydrogens is 460 g/mol. The zero-order chi connectivity index (χ0) is 24.5. The molecule has 1 aliphatic rings. The van der Waals surface area contributed by atoms with Crippen molar-refractivity contribution in [1.82, 2.24) is 9.97 Å². The number of carbonyl (C=O) groups excluding carboxylic acids is 2. The maximum atomic E-state index is 13.7. The van der Waals surface area contributed by atoms with E-state index in [1.165, 1.54) is 0 Å². The summed E-state index contributed by atoms with van der Waals surface area (Å²) in [6, 6.07) is 20.1. The number of amides is 2. The average Bonchev–Trinajstić information content (AvgIpc) is 3.01. The van der Waals surface area contributed by atoms with E-state index in [-0.39, 0.29) is 16.8 Å². The minimum atomic E-state index is -0.228. The van der Waals surface area contributed by atoms with Gasteiger partial charge in [0.15, 0.2) is 0 Å². The quantitative estimate of drug-likeness (QED) is 0.396. The lowest BCUT2D eigenvalue weighted by Gasteiger charge is -2.23. The fraction of sp³-hybridized carbons (Fsp3) is 0.143. The van der Waals surface area contributed by atoms with Crippen molar-refractivity contribution in [3.8, 4) is 11.3 Å². The van der Waals surface area contributed by atoms with Crippen molar-refractivity contribution in [2.24, 2.45) is 0 Å². The predicted octanol–water partition coefficient (Wildman–Crippen LogP) is 5.87. The molecule has 0 aliphatic carbocycles. The summed E-state index contributed by atoms with van der Waals surface area (Å²) in [5, 5.41) is 3.14. The molecule has 4 aromatic rings. The molecular formula is C28H23ClN4O2. The Morgan fingerprint density at radius 3 is 2.54 bits per heavy atom. The molecule has 7 heteroatoms. The summed E-state index contributed by atoms with van der Waals surface area (Å²) >= 11 is 6.56. The van der Waals surface area contributed by atoms with Gasteiger partial charge in [0, 0.05) is 29.6 Å². The zero-order valence-electron chi connectivity index (χ0n) is 19.4. The van der Waals surface area contributed by atoms with Crippen LogP contribution in [0.4, 0.5) is 11.4 Å². The number of anilines is 2. The third-order valence-electron chi connectivity index (χ3n) is 6.13. The minimum Gasteiger partial charge on any atom is -0.322 e. The lowest BCUT2D eigenvalue weighted by atomic mass is 10.0. The summed E-state index contributed by atoms with van der Waals surface area (Å²) in [6.07, 6.45) is 2.46. The topological polar surface area (TPSA) is 75.2 Å². The molecule has 2 amide bonds. The van der Waals surface area contributed by atoms with E-state index in [9.17, 15) is 9.59 Å². The van der Waals surface area contributed by atoms with Gasteiger partial charge >= 0.3 is 0 Å². The highest BCUT2D eigenvalue weighted by atomic mass is 35.5. The number of halogens is 1. The van der Waals surface area contributed by atoms with Crippen molar-refractivity contribution in [3.63, 3.8) is 0 Å². The highest BCUT2D eigenvalue weighted by Gasteiger charge is 2.27. The second-order valence-electron chi connectivity index (χ2n) is 8.48. The van der Waals surface area contributed by atoms with E-state index in [4.69, 9.17) is 11.6 Å². The van der Waals surface area contributed by atoms with Crippen molar-refractivity contribution in [1.29, 1.82) is 0 Å². The number of nitrogens with one attached hydrogen (secondary N) is 1. The molecule has 0 saturated heterocycles. The van der Waals surface area contributed by atoms with E-state index in [1.807, 2.05) is 62.5 Å². The molecule has 1 N–H and O–H groups in total. The molecule has 0 spiro atoms. The van der Waals surface area contributed by atoms with Gasteiger partial charge in [0.25, 0.3) is 11.8 Å². The van der Waals surface area contributed by atoms with Gasteiger partial charge in [-0.1, -0.05) is 48.0 Å². The first-order valence-electron chi connectivity index (χ1n) is 11.3. The van der Waals surface area contributed by atoms with Gasteiger partial charge in [-0.2, -0.15) is 0 Å². The van der Waals surface area contributed by atoms with Gasteiger partial charge in [0.1, 0.15) is 5.82 Å². The Morgan fingerprint density at radius 1 is 0.971 bits per heavy atom. The number of aryl methyl sites for hydroxylation is 2. The number of aromatic nitrogens is 2. The minimum absolute atomic E-state index is 0.211. The van der Waals surface area contributed by atoms with Crippen LogP contribution in [0.15, 0.2) is 72.9 Å². The molecule has 0 bridgehead atoms. The van der Waals surface area contributed by atoms with Crippen LogP contribution >= 0.6 is 11.6 Å². The SMILES string of the molecule is Cc1ncc2c(n1)-c1ccccc1N(C(=O)c1ccc(NC(=O)c3ccccc3C)cc1Cl)CC2. The Labute approximate surface area is 208 Å². The number of benzene rings is 3. The van der Waals surface area contributed by atoms with Crippen LogP contribution in [0.1, 0.15) is 37.7 Å². The van der Waals surface area contributed by atoms with Crippen LogP contribution < -0.4 is 10.2 Å². The van der Waals surface area contributed by atoms with Gasteiger partial charge in [-0.25, -0.2) is 9.97 Å². The molecule has 0 fully saturated rings. The van der Waals surface area contributed by atoms with Gasteiger partial charge < -0.3 is 10.2 Å². The van der Waals surface area contributed by atoms with E-state index >= 15 is 0 Å². The van der Waals surface area contributed by atoms with Crippen molar-refractivity contribution in [2.45, 2.75) is 20.3 Å². The first kappa shape index (κ1) is 22.7. The van der Waals surface area contributed by atoms with Crippen LogP contribution in [-0.2, 0) is 6.42 Å². The molecule has 0 unspecified atom stereocenters. The molecule has 0 atom stereocenters. The van der Waals surface area contributed by atoms with Crippen LogP contribution in [-0.4, -0.2) is 28.3 Å². The number of hydrogen-bond acceptors (Lipinski definition) is 4. The largest absolute Gasteiger partial charge is 0.322 e. The van der Waals surface area contributed by atoms with Gasteiger partial charge in [0.05, 0.1) is 22.0 Å². The molecule has 35 heavy (non-hydrogen) atoms. The number of rotatable bonds is 3. The van der Waals surface area contributed by atoms with Crippen LogP contribution in [0.2, 0.25) is 5.02 Å². The van der Waals surface area contributed by atoms with Crippen molar-refractivity contribution in [2.75, 3.05) is 16.8 Å². The lowest BCUT2D eigenvalue weighted by Crippen LogP contribution is -2.32. The fourth-order valence-corrected chi connectivity index (χ4v) is 4.58. The monoisotopic (exact) mass is 482 g/mol. The van der Waals surface area contributed by atoms with Crippen LogP contribution in [0.5, 0.6) is 0 Å². The molecule has 174 valence electrons. The number of carbonyl (C=O) groups is 2. The molecule has 1 aliphatic heterocycles. The summed E-state index contributed by atoms with van der Waals surface area (Å²) in [7, 11) is 0. The second-order valence-corrected chi connectivity index (χ2v) is 8.89. The van der Waals surface area contributed by atoms with Crippen LogP contribution in [0.25, 0.3) is 11.3 Å². The number of hydrogen-bond donors (Lipinski definition) is 1. The molecule has 2 heterocycles. The Balaban J connectivity index is 1.44. The summed E-state index contributed by atoms with van der Waals surface area (Å²) in [4.78, 5) is 37.1. The van der Waals surface area contributed by atoms with E-state index in [0.29, 0.717) is 35.6 Å². The predicted molar refractivity (Wildman–Crippen MR) is 138 cm³/mol. The Bertz CT molecular complexity index is 1470. The summed E-state index contributed by atoms with van der Waals surface area (Å²) in [6.45, 7) is 4.21. The van der Waals surface area contributed by atoms with Crippen molar-refractivity contribution >= 4 is 34.8 Å². The summed E-state index contributed by atoms with van der Waals surface area (Å²) in [5.41, 5.74) is 5.87. The smallest absolute Gasteiger partial charge is 0.259 e.